The van der Waals surface area contributed by atoms with Crippen molar-refractivity contribution in [3.63, 3.8) is 0 Å². The fraction of sp³-hybridized carbons (Fsp3) is 0.133. The van der Waals surface area contributed by atoms with Crippen molar-refractivity contribution in [2.75, 3.05) is 0 Å². The Morgan fingerprint density at radius 1 is 1.17 bits per heavy atom. The van der Waals surface area contributed by atoms with Gasteiger partial charge in [0.2, 0.25) is 5.16 Å². The molecule has 8 heteroatoms. The Morgan fingerprint density at radius 3 is 2.61 bits per heavy atom. The normalized spacial score (nSPS) is 10.7. The Labute approximate surface area is 136 Å². The Kier molecular flexibility index (Phi) is 4.33. The highest BCUT2D eigenvalue weighted by atomic mass is 32.2. The molecule has 0 aliphatic heterocycles. The molecule has 7 nitrogen and oxygen atoms in total. The van der Waals surface area contributed by atoms with Crippen molar-refractivity contribution in [2.24, 2.45) is 0 Å². The van der Waals surface area contributed by atoms with E-state index < -0.39 is 4.92 Å². The number of aromatic amines is 1. The lowest BCUT2D eigenvalue weighted by atomic mass is 10.1. The molecule has 116 valence electrons. The number of benzene rings is 1. The van der Waals surface area contributed by atoms with E-state index in [0.29, 0.717) is 21.4 Å². The van der Waals surface area contributed by atoms with Gasteiger partial charge in [0, 0.05) is 18.1 Å². The first kappa shape index (κ1) is 15.2. The molecule has 1 N–H and O–H groups in total. The largest absolute Gasteiger partial charge is 0.295 e. The van der Waals surface area contributed by atoms with E-state index in [2.05, 4.69) is 20.2 Å². The summed E-state index contributed by atoms with van der Waals surface area (Å²) < 4.78 is 0. The molecule has 1 aromatic carbocycles. The first-order chi connectivity index (χ1) is 11.2. The van der Waals surface area contributed by atoms with Crippen molar-refractivity contribution in [2.45, 2.75) is 23.5 Å². The SMILES string of the molecule is CCc1nc(Sc2ccc([N+](=O)[O-])c(-c3ccccc3)n2)n[nH]1. The maximum absolute atomic E-state index is 11.2. The van der Waals surface area contributed by atoms with Crippen LogP contribution in [-0.4, -0.2) is 25.1 Å². The summed E-state index contributed by atoms with van der Waals surface area (Å²) in [7, 11) is 0. The number of rotatable bonds is 5. The summed E-state index contributed by atoms with van der Waals surface area (Å²) in [4.78, 5) is 19.5. The molecule has 2 aromatic heterocycles. The Hall–Kier alpha value is -2.74. The lowest BCUT2D eigenvalue weighted by Gasteiger charge is -2.04. The average Bonchev–Trinajstić information content (AvgIpc) is 3.03. The lowest BCUT2D eigenvalue weighted by molar-refractivity contribution is -0.384. The van der Waals surface area contributed by atoms with Crippen LogP contribution in [0.3, 0.4) is 0 Å². The summed E-state index contributed by atoms with van der Waals surface area (Å²) in [6.45, 7) is 1.98. The van der Waals surface area contributed by atoms with Gasteiger partial charge < -0.3 is 0 Å². The number of hydrogen-bond donors (Lipinski definition) is 1. The summed E-state index contributed by atoms with van der Waals surface area (Å²) >= 11 is 1.27. The van der Waals surface area contributed by atoms with E-state index in [4.69, 9.17) is 0 Å². The number of nitrogens with zero attached hydrogens (tertiary/aromatic N) is 4. The van der Waals surface area contributed by atoms with Crippen LogP contribution < -0.4 is 0 Å². The number of nitrogens with one attached hydrogen (secondary N) is 1. The topological polar surface area (TPSA) is 97.6 Å². The molecule has 0 saturated carbocycles. The molecular weight excluding hydrogens is 314 g/mol. The van der Waals surface area contributed by atoms with Crippen LogP contribution in [0.15, 0.2) is 52.6 Å². The fourth-order valence-electron chi connectivity index (χ4n) is 2.02. The second-order valence-electron chi connectivity index (χ2n) is 4.66. The van der Waals surface area contributed by atoms with Gasteiger partial charge in [0.05, 0.1) is 4.92 Å². The van der Waals surface area contributed by atoms with Gasteiger partial charge in [0.25, 0.3) is 5.69 Å². The van der Waals surface area contributed by atoms with Gasteiger partial charge in [-0.05, 0) is 17.8 Å². The molecular formula is C15H13N5O2S. The van der Waals surface area contributed by atoms with Crippen molar-refractivity contribution >= 4 is 17.4 Å². The first-order valence-electron chi connectivity index (χ1n) is 6.97. The van der Waals surface area contributed by atoms with Gasteiger partial charge in [0.1, 0.15) is 16.5 Å². The standard InChI is InChI=1S/C15H13N5O2S/c1-2-12-16-15(19-18-12)23-13-9-8-11(20(21)22)14(17-13)10-6-4-3-5-7-10/h3-9H,2H2,1H3,(H,16,18,19). The molecule has 0 fully saturated rings. The van der Waals surface area contributed by atoms with Crippen molar-refractivity contribution < 1.29 is 4.92 Å². The third-order valence-electron chi connectivity index (χ3n) is 3.13. The highest BCUT2D eigenvalue weighted by molar-refractivity contribution is 7.99. The van der Waals surface area contributed by atoms with E-state index in [9.17, 15) is 10.1 Å². The van der Waals surface area contributed by atoms with Crippen LogP contribution >= 0.6 is 11.8 Å². The van der Waals surface area contributed by atoms with Crippen LogP contribution in [0.4, 0.5) is 5.69 Å². The summed E-state index contributed by atoms with van der Waals surface area (Å²) in [5.41, 5.74) is 1.02. The number of nitro groups is 1. The van der Waals surface area contributed by atoms with E-state index in [1.807, 2.05) is 25.1 Å². The quantitative estimate of drug-likeness (QED) is 0.569. The van der Waals surface area contributed by atoms with Gasteiger partial charge in [-0.2, -0.15) is 0 Å². The highest BCUT2D eigenvalue weighted by Gasteiger charge is 2.18. The van der Waals surface area contributed by atoms with Gasteiger partial charge in [-0.25, -0.2) is 9.97 Å². The lowest BCUT2D eigenvalue weighted by Crippen LogP contribution is -1.96. The molecule has 0 radical (unpaired) electrons. The van der Waals surface area contributed by atoms with E-state index in [-0.39, 0.29) is 5.69 Å². The third kappa shape index (κ3) is 3.37. The monoisotopic (exact) mass is 327 g/mol. The minimum atomic E-state index is -0.425. The zero-order valence-corrected chi connectivity index (χ0v) is 13.1. The Balaban J connectivity index is 1.98. The number of aromatic nitrogens is 4. The summed E-state index contributed by atoms with van der Waals surface area (Å²) in [6, 6.07) is 12.2. The van der Waals surface area contributed by atoms with Gasteiger partial charge >= 0.3 is 0 Å². The zero-order valence-electron chi connectivity index (χ0n) is 12.3. The van der Waals surface area contributed by atoms with Crippen LogP contribution in [-0.2, 0) is 6.42 Å². The molecule has 3 rings (SSSR count). The van der Waals surface area contributed by atoms with Crippen molar-refractivity contribution in [1.82, 2.24) is 20.2 Å². The Morgan fingerprint density at radius 2 is 1.96 bits per heavy atom. The first-order valence-corrected chi connectivity index (χ1v) is 7.79. The molecule has 23 heavy (non-hydrogen) atoms. The summed E-state index contributed by atoms with van der Waals surface area (Å²) in [6.07, 6.45) is 0.760. The third-order valence-corrected chi connectivity index (χ3v) is 3.94. The van der Waals surface area contributed by atoms with E-state index in [1.54, 1.807) is 18.2 Å². The zero-order chi connectivity index (χ0) is 16.2. The molecule has 2 heterocycles. The number of H-pyrrole nitrogens is 1. The number of hydrogen-bond acceptors (Lipinski definition) is 6. The molecule has 0 aliphatic rings. The van der Waals surface area contributed by atoms with Crippen LogP contribution in [0.5, 0.6) is 0 Å². The number of aryl methyl sites for hydroxylation is 1. The second kappa shape index (κ2) is 6.57. The second-order valence-corrected chi connectivity index (χ2v) is 5.65. The van der Waals surface area contributed by atoms with Gasteiger partial charge in [-0.15, -0.1) is 5.10 Å². The average molecular weight is 327 g/mol. The fourth-order valence-corrected chi connectivity index (χ4v) is 2.73. The smallest absolute Gasteiger partial charge is 0.262 e. The van der Waals surface area contributed by atoms with E-state index in [0.717, 1.165) is 12.2 Å². The Bertz CT molecular complexity index is 835. The van der Waals surface area contributed by atoms with Crippen molar-refractivity contribution in [1.29, 1.82) is 0 Å². The van der Waals surface area contributed by atoms with Crippen LogP contribution in [0.25, 0.3) is 11.3 Å². The molecule has 0 spiro atoms. The molecule has 0 bridgehead atoms. The van der Waals surface area contributed by atoms with Crippen LogP contribution in [0.1, 0.15) is 12.7 Å². The molecule has 0 amide bonds. The predicted molar refractivity (Wildman–Crippen MR) is 86.2 cm³/mol. The molecule has 0 atom stereocenters. The van der Waals surface area contributed by atoms with Gasteiger partial charge in [-0.3, -0.25) is 15.2 Å². The van der Waals surface area contributed by atoms with E-state index >= 15 is 0 Å². The maximum Gasteiger partial charge on any atom is 0.295 e. The van der Waals surface area contributed by atoms with Crippen molar-refractivity contribution in [3.05, 3.63) is 58.4 Å². The molecule has 0 aliphatic carbocycles. The minimum Gasteiger partial charge on any atom is -0.262 e. The van der Waals surface area contributed by atoms with Gasteiger partial charge in [-0.1, -0.05) is 37.3 Å². The molecule has 0 saturated heterocycles. The summed E-state index contributed by atoms with van der Waals surface area (Å²) in [5, 5.41) is 19.3. The van der Waals surface area contributed by atoms with E-state index in [1.165, 1.54) is 17.8 Å². The maximum atomic E-state index is 11.2. The number of pyridine rings is 1. The minimum absolute atomic E-state index is 0.0233. The van der Waals surface area contributed by atoms with Gasteiger partial charge in [0.15, 0.2) is 0 Å². The predicted octanol–water partition coefficient (Wildman–Crippen LogP) is 3.49. The van der Waals surface area contributed by atoms with Crippen molar-refractivity contribution in [3.8, 4) is 11.3 Å². The highest BCUT2D eigenvalue weighted by Crippen LogP contribution is 2.32. The molecule has 3 aromatic rings. The summed E-state index contributed by atoms with van der Waals surface area (Å²) in [5.74, 6) is 0.790. The molecule has 0 unspecified atom stereocenters. The van der Waals surface area contributed by atoms with Crippen LogP contribution in [0, 0.1) is 10.1 Å². The van der Waals surface area contributed by atoms with Crippen LogP contribution in [0.2, 0.25) is 0 Å².